The lowest BCUT2D eigenvalue weighted by Gasteiger charge is -2.48. The van der Waals surface area contributed by atoms with Crippen LogP contribution in [-0.2, 0) is 52.8 Å². The van der Waals surface area contributed by atoms with Gasteiger partial charge >= 0.3 is 0 Å². The van der Waals surface area contributed by atoms with E-state index >= 15 is 0 Å². The molecular weight excluding hydrogens is 632 g/mol. The van der Waals surface area contributed by atoms with Crippen molar-refractivity contribution in [3.8, 4) is 0 Å². The normalized spacial score (nSPS) is 45.5. The topological polar surface area (TPSA) is 361 Å². The van der Waals surface area contributed by atoms with Crippen LogP contribution >= 0.6 is 0 Å². The number of rotatable bonds is 11. The molecule has 0 unspecified atom stereocenters. The van der Waals surface area contributed by atoms with Crippen LogP contribution in [0.4, 0.5) is 0 Å². The minimum atomic E-state index is -5.43. The van der Waals surface area contributed by atoms with Gasteiger partial charge in [0, 0.05) is 0 Å². The first-order valence-electron chi connectivity index (χ1n) is 11.9. The maximum Gasteiger partial charge on any atom is 0.217 e. The van der Waals surface area contributed by atoms with Gasteiger partial charge in [-0.1, -0.05) is 0 Å². The molecular formula is C18H30O22S2-2. The van der Waals surface area contributed by atoms with E-state index in [1.807, 2.05) is 0 Å². The predicted octanol–water partition coefficient (Wildman–Crippen LogP) is -8.60. The van der Waals surface area contributed by atoms with Crippen LogP contribution in [0.3, 0.4) is 0 Å². The zero-order valence-electron chi connectivity index (χ0n) is 20.9. The lowest BCUT2D eigenvalue weighted by atomic mass is 9.96. The Morgan fingerprint density at radius 3 is 1.48 bits per heavy atom. The van der Waals surface area contributed by atoms with Crippen LogP contribution in [0.2, 0.25) is 0 Å². The molecule has 24 heteroatoms. The second-order valence-corrected chi connectivity index (χ2v) is 11.5. The summed E-state index contributed by atoms with van der Waals surface area (Å²) in [5.74, 6) is 0. The highest BCUT2D eigenvalue weighted by Gasteiger charge is 2.53. The molecule has 0 spiro atoms. The minimum absolute atomic E-state index is 0.910. The highest BCUT2D eigenvalue weighted by molar-refractivity contribution is 7.81. The van der Waals surface area contributed by atoms with Crippen LogP contribution in [0.15, 0.2) is 0 Å². The molecule has 0 radical (unpaired) electrons. The average Bonchev–Trinajstić information content (AvgIpc) is 2.90. The van der Waals surface area contributed by atoms with E-state index in [0.29, 0.717) is 0 Å². The number of aliphatic hydroxyl groups is 9. The summed E-state index contributed by atoms with van der Waals surface area (Å²) in [6, 6.07) is 0. The largest absolute Gasteiger partial charge is 0.726 e. The Balaban J connectivity index is 1.83. The summed E-state index contributed by atoms with van der Waals surface area (Å²) in [7, 11) is -10.7. The van der Waals surface area contributed by atoms with Gasteiger partial charge in [-0.3, -0.25) is 8.37 Å². The molecule has 3 aliphatic heterocycles. The van der Waals surface area contributed by atoms with Crippen LogP contribution in [0, 0.1) is 0 Å². The Bertz CT molecular complexity index is 1090. The van der Waals surface area contributed by atoms with Gasteiger partial charge in [0.2, 0.25) is 20.8 Å². The van der Waals surface area contributed by atoms with Crippen LogP contribution in [0.5, 0.6) is 0 Å². The third-order valence-corrected chi connectivity index (χ3v) is 7.33. The van der Waals surface area contributed by atoms with Gasteiger partial charge in [-0.15, -0.1) is 0 Å². The molecule has 22 nitrogen and oxygen atoms in total. The maximum absolute atomic E-state index is 11.1. The molecule has 0 aromatic carbocycles. The van der Waals surface area contributed by atoms with Gasteiger partial charge in [-0.25, -0.2) is 16.8 Å². The first kappa shape index (κ1) is 35.7. The molecule has 3 rings (SSSR count). The molecule has 0 amide bonds. The number of hydrogen-bond acceptors (Lipinski definition) is 22. The lowest BCUT2D eigenvalue weighted by molar-refractivity contribution is -0.377. The zero-order chi connectivity index (χ0) is 31.7. The molecule has 0 aromatic rings. The smallest absolute Gasteiger partial charge is 0.217 e. The number of aliphatic hydroxyl groups excluding tert-OH is 9. The highest BCUT2D eigenvalue weighted by atomic mass is 32.3. The van der Waals surface area contributed by atoms with Gasteiger partial charge in [0.05, 0.1) is 19.8 Å². The van der Waals surface area contributed by atoms with Crippen molar-refractivity contribution in [2.45, 2.75) is 92.1 Å². The summed E-state index contributed by atoms with van der Waals surface area (Å²) in [5.41, 5.74) is 0. The van der Waals surface area contributed by atoms with Crippen molar-refractivity contribution in [2.24, 2.45) is 0 Å². The Kier molecular flexibility index (Phi) is 12.0. The average molecular weight is 663 g/mol. The van der Waals surface area contributed by atoms with E-state index in [4.69, 9.17) is 23.7 Å². The van der Waals surface area contributed by atoms with Crippen LogP contribution in [-0.4, -0.2) is 184 Å². The molecule has 3 heterocycles. The van der Waals surface area contributed by atoms with Crippen LogP contribution in [0.1, 0.15) is 0 Å². The van der Waals surface area contributed by atoms with Gasteiger partial charge in [-0.05, 0) is 0 Å². The zero-order valence-corrected chi connectivity index (χ0v) is 22.6. The van der Waals surface area contributed by atoms with Gasteiger partial charge in [0.15, 0.2) is 18.9 Å². The van der Waals surface area contributed by atoms with Gasteiger partial charge < -0.3 is 78.7 Å². The molecule has 3 fully saturated rings. The van der Waals surface area contributed by atoms with Crippen molar-refractivity contribution < 1.29 is 104 Å². The molecule has 15 atom stereocenters. The first-order valence-corrected chi connectivity index (χ1v) is 14.5. The highest BCUT2D eigenvalue weighted by Crippen LogP contribution is 2.32. The standard InChI is InChI=1S/C18H32O22S2/c19-1-4-14(9(22)11(24)16(27)36-4)39-18-13(26)10(23)15(6(38-18)3-35-42(31,32)33)40-17-12(25)8(21)7(20)5(37-17)2-34-41(28,29)30/h4-27H,1-3H2,(H,28,29,30)(H,31,32,33)/p-2/t4-,5-,6-,7-,8+,9-,10-,11-,12-,13-,14-,15-,16+,17+,18+/m1/s1. The fourth-order valence-electron chi connectivity index (χ4n) is 4.33. The van der Waals surface area contributed by atoms with Crippen molar-refractivity contribution >= 4 is 20.8 Å². The Morgan fingerprint density at radius 2 is 0.976 bits per heavy atom. The van der Waals surface area contributed by atoms with Crippen LogP contribution < -0.4 is 0 Å². The van der Waals surface area contributed by atoms with Crippen molar-refractivity contribution in [3.63, 3.8) is 0 Å². The molecule has 9 N–H and O–H groups in total. The molecule has 0 aliphatic carbocycles. The molecule has 3 aliphatic rings. The fourth-order valence-corrected chi connectivity index (χ4v) is 4.93. The van der Waals surface area contributed by atoms with Crippen molar-refractivity contribution in [3.05, 3.63) is 0 Å². The number of ether oxygens (including phenoxy) is 5. The third kappa shape index (κ3) is 8.67. The Morgan fingerprint density at radius 1 is 0.548 bits per heavy atom. The Labute approximate surface area is 237 Å². The SMILES string of the molecule is O=S(=O)([O-])OC[C@H]1O[C@@H](O[C@H]2[C@H](O)[C@@H](O)[C@H](O[C@H]3[C@H](O)[C@@H](O)[C@@H](O)O[C@@H]3CO)O[C@@H]2COS(=O)(=O)[O-])[C@H](O)[C@@H](O)[C@@H]1O. The second-order valence-electron chi connectivity index (χ2n) is 9.35. The summed E-state index contributed by atoms with van der Waals surface area (Å²) in [6.45, 7) is -3.35. The summed E-state index contributed by atoms with van der Waals surface area (Å²) >= 11 is 0. The number of hydrogen-bond donors (Lipinski definition) is 9. The van der Waals surface area contributed by atoms with Crippen molar-refractivity contribution in [1.29, 1.82) is 0 Å². The van der Waals surface area contributed by atoms with Crippen LogP contribution in [0.25, 0.3) is 0 Å². The quantitative estimate of drug-likeness (QED) is 0.0732. The first-order chi connectivity index (χ1) is 19.3. The molecule has 42 heavy (non-hydrogen) atoms. The summed E-state index contributed by atoms with van der Waals surface area (Å²) in [5, 5.41) is 91.2. The van der Waals surface area contributed by atoms with E-state index < -0.39 is 133 Å². The summed E-state index contributed by atoms with van der Waals surface area (Å²) in [6.07, 6.45) is -30.0. The minimum Gasteiger partial charge on any atom is -0.726 e. The maximum atomic E-state index is 11.1. The molecule has 3 saturated heterocycles. The van der Waals surface area contributed by atoms with E-state index in [9.17, 15) is 71.9 Å². The van der Waals surface area contributed by atoms with E-state index in [1.54, 1.807) is 0 Å². The van der Waals surface area contributed by atoms with Gasteiger partial charge in [0.25, 0.3) is 0 Å². The molecule has 0 saturated carbocycles. The third-order valence-electron chi connectivity index (χ3n) is 6.48. The molecule has 0 aromatic heterocycles. The second kappa shape index (κ2) is 14.1. The van der Waals surface area contributed by atoms with E-state index in [2.05, 4.69) is 8.37 Å². The summed E-state index contributed by atoms with van der Waals surface area (Å²) in [4.78, 5) is 0. The van der Waals surface area contributed by atoms with E-state index in [1.165, 1.54) is 0 Å². The van der Waals surface area contributed by atoms with Gasteiger partial charge in [-0.2, -0.15) is 0 Å². The molecule has 0 bridgehead atoms. The summed E-state index contributed by atoms with van der Waals surface area (Å²) < 4.78 is 99.7. The van der Waals surface area contributed by atoms with E-state index in [0.717, 1.165) is 0 Å². The fraction of sp³-hybridized carbons (Fsp3) is 1.00. The van der Waals surface area contributed by atoms with Crippen molar-refractivity contribution in [2.75, 3.05) is 19.8 Å². The van der Waals surface area contributed by atoms with E-state index in [-0.39, 0.29) is 0 Å². The molecule has 248 valence electrons. The predicted molar refractivity (Wildman–Crippen MR) is 118 cm³/mol. The Hall–Kier alpha value is -0.820. The lowest BCUT2D eigenvalue weighted by Crippen LogP contribution is -2.66. The monoisotopic (exact) mass is 662 g/mol. The van der Waals surface area contributed by atoms with Crippen molar-refractivity contribution in [1.82, 2.24) is 0 Å². The van der Waals surface area contributed by atoms with Gasteiger partial charge in [0.1, 0.15) is 73.2 Å².